The fourth-order valence-corrected chi connectivity index (χ4v) is 3.35. The molecule has 3 nitrogen and oxygen atoms in total. The Kier molecular flexibility index (Phi) is 6.83. The Labute approximate surface area is 125 Å². The molecule has 108 valence electrons. The Hall–Kier alpha value is -0.580. The number of nitrogens with zero attached hydrogens (tertiary/aromatic N) is 1. The minimum atomic E-state index is 0. The molecule has 0 saturated carbocycles. The zero-order chi connectivity index (χ0) is 13.0. The maximum atomic E-state index is 12.3. The molecule has 2 heterocycles. The maximum absolute atomic E-state index is 12.3. The molecule has 1 amide bonds. The molecule has 1 saturated heterocycles. The number of halogens is 1. The van der Waals surface area contributed by atoms with Gasteiger partial charge in [0.05, 0.1) is 0 Å². The van der Waals surface area contributed by atoms with Gasteiger partial charge in [0.1, 0.15) is 0 Å². The van der Waals surface area contributed by atoms with Gasteiger partial charge in [-0.1, -0.05) is 0 Å². The first kappa shape index (κ1) is 16.5. The molecular weight excluding hydrogens is 280 g/mol. The van der Waals surface area contributed by atoms with E-state index in [4.69, 9.17) is 5.73 Å². The standard InChI is InChI=1S/C14H22N2OS.ClH/c1-11(15)13-4-2-3-8-16(13)14(17)6-5-12-7-9-18-10-12;/h7,9-11,13H,2-6,8,15H2,1H3;1H. The van der Waals surface area contributed by atoms with Crippen molar-refractivity contribution in [3.05, 3.63) is 22.4 Å². The predicted molar refractivity (Wildman–Crippen MR) is 82.9 cm³/mol. The molecule has 0 aromatic carbocycles. The van der Waals surface area contributed by atoms with Crippen molar-refractivity contribution in [3.8, 4) is 0 Å². The van der Waals surface area contributed by atoms with E-state index in [-0.39, 0.29) is 30.4 Å². The number of likely N-dealkylation sites (tertiary alicyclic amines) is 1. The minimum absolute atomic E-state index is 0. The summed E-state index contributed by atoms with van der Waals surface area (Å²) in [6, 6.07) is 2.42. The van der Waals surface area contributed by atoms with Crippen molar-refractivity contribution in [2.45, 2.75) is 51.1 Å². The van der Waals surface area contributed by atoms with Crippen molar-refractivity contribution in [1.82, 2.24) is 4.90 Å². The summed E-state index contributed by atoms with van der Waals surface area (Å²) in [5, 5.41) is 4.18. The molecule has 1 fully saturated rings. The van der Waals surface area contributed by atoms with Gasteiger partial charge in [-0.3, -0.25) is 4.79 Å². The fraction of sp³-hybridized carbons (Fsp3) is 0.643. The monoisotopic (exact) mass is 302 g/mol. The first-order valence-electron chi connectivity index (χ1n) is 6.74. The molecule has 0 radical (unpaired) electrons. The third-order valence-electron chi connectivity index (χ3n) is 3.68. The molecular formula is C14H23ClN2OS. The average Bonchev–Trinajstić information content (AvgIpc) is 2.89. The highest BCUT2D eigenvalue weighted by Crippen LogP contribution is 2.20. The van der Waals surface area contributed by atoms with Crippen molar-refractivity contribution < 1.29 is 4.79 Å². The molecule has 0 bridgehead atoms. The van der Waals surface area contributed by atoms with Crippen LogP contribution in [0.15, 0.2) is 16.8 Å². The topological polar surface area (TPSA) is 46.3 Å². The van der Waals surface area contributed by atoms with Crippen molar-refractivity contribution in [3.63, 3.8) is 0 Å². The molecule has 0 aliphatic carbocycles. The van der Waals surface area contributed by atoms with Crippen molar-refractivity contribution >= 4 is 29.7 Å². The van der Waals surface area contributed by atoms with Gasteiger partial charge in [-0.25, -0.2) is 0 Å². The molecule has 1 aromatic heterocycles. The highest BCUT2D eigenvalue weighted by Gasteiger charge is 2.28. The Bertz CT molecular complexity index is 381. The smallest absolute Gasteiger partial charge is 0.223 e. The molecule has 5 heteroatoms. The van der Waals surface area contributed by atoms with Crippen LogP contribution in [0.25, 0.3) is 0 Å². The van der Waals surface area contributed by atoms with Gasteiger partial charge in [0.2, 0.25) is 5.91 Å². The largest absolute Gasteiger partial charge is 0.338 e. The van der Waals surface area contributed by atoms with Crippen LogP contribution in [0.4, 0.5) is 0 Å². The Balaban J connectivity index is 0.00000180. The van der Waals surface area contributed by atoms with E-state index in [2.05, 4.69) is 16.8 Å². The van der Waals surface area contributed by atoms with E-state index in [1.54, 1.807) is 11.3 Å². The van der Waals surface area contributed by atoms with Crippen LogP contribution in [0.1, 0.15) is 38.2 Å². The van der Waals surface area contributed by atoms with Gasteiger partial charge in [0, 0.05) is 25.0 Å². The van der Waals surface area contributed by atoms with Gasteiger partial charge in [-0.05, 0) is 55.0 Å². The third kappa shape index (κ3) is 4.48. The number of hydrogen-bond acceptors (Lipinski definition) is 3. The highest BCUT2D eigenvalue weighted by molar-refractivity contribution is 7.07. The van der Waals surface area contributed by atoms with Gasteiger partial charge in [-0.15, -0.1) is 12.4 Å². The van der Waals surface area contributed by atoms with Crippen LogP contribution in [-0.4, -0.2) is 29.4 Å². The summed E-state index contributed by atoms with van der Waals surface area (Å²) in [5.74, 6) is 0.267. The second kappa shape index (κ2) is 7.88. The first-order valence-corrected chi connectivity index (χ1v) is 7.69. The number of thiophene rings is 1. The molecule has 2 unspecified atom stereocenters. The van der Waals surface area contributed by atoms with Crippen LogP contribution in [-0.2, 0) is 11.2 Å². The molecule has 1 aliphatic rings. The molecule has 1 aromatic rings. The first-order chi connectivity index (χ1) is 8.68. The molecule has 19 heavy (non-hydrogen) atoms. The van der Waals surface area contributed by atoms with Crippen molar-refractivity contribution in [2.24, 2.45) is 5.73 Å². The quantitative estimate of drug-likeness (QED) is 0.929. The number of carbonyl (C=O) groups excluding carboxylic acids is 1. The van der Waals surface area contributed by atoms with Gasteiger partial charge in [-0.2, -0.15) is 11.3 Å². The summed E-state index contributed by atoms with van der Waals surface area (Å²) >= 11 is 1.69. The van der Waals surface area contributed by atoms with Crippen LogP contribution in [0.5, 0.6) is 0 Å². The van der Waals surface area contributed by atoms with E-state index in [0.717, 1.165) is 25.8 Å². The van der Waals surface area contributed by atoms with E-state index in [0.29, 0.717) is 6.42 Å². The number of aryl methyl sites for hydroxylation is 1. The van der Waals surface area contributed by atoms with Gasteiger partial charge in [0.15, 0.2) is 0 Å². The molecule has 0 spiro atoms. The second-order valence-electron chi connectivity index (χ2n) is 5.14. The van der Waals surface area contributed by atoms with E-state index < -0.39 is 0 Å². The van der Waals surface area contributed by atoms with Gasteiger partial charge in [0.25, 0.3) is 0 Å². The Morgan fingerprint density at radius 2 is 2.37 bits per heavy atom. The fourth-order valence-electron chi connectivity index (χ4n) is 2.64. The third-order valence-corrected chi connectivity index (χ3v) is 4.42. The lowest BCUT2D eigenvalue weighted by atomic mass is 9.96. The summed E-state index contributed by atoms with van der Waals surface area (Å²) in [4.78, 5) is 14.3. The number of carbonyl (C=O) groups is 1. The number of nitrogens with two attached hydrogens (primary N) is 1. The lowest BCUT2D eigenvalue weighted by Crippen LogP contribution is -2.51. The van der Waals surface area contributed by atoms with Crippen LogP contribution < -0.4 is 5.73 Å². The number of amides is 1. The van der Waals surface area contributed by atoms with E-state index in [9.17, 15) is 4.79 Å². The average molecular weight is 303 g/mol. The van der Waals surface area contributed by atoms with E-state index in [1.807, 2.05) is 11.8 Å². The summed E-state index contributed by atoms with van der Waals surface area (Å²) in [6.45, 7) is 2.89. The summed E-state index contributed by atoms with van der Waals surface area (Å²) in [5.41, 5.74) is 7.26. The summed E-state index contributed by atoms with van der Waals surface area (Å²) in [7, 11) is 0. The van der Waals surface area contributed by atoms with Crippen LogP contribution in [0.2, 0.25) is 0 Å². The Morgan fingerprint density at radius 3 is 3.00 bits per heavy atom. The number of piperidine rings is 1. The number of rotatable bonds is 4. The van der Waals surface area contributed by atoms with Gasteiger partial charge < -0.3 is 10.6 Å². The molecule has 2 rings (SSSR count). The zero-order valence-corrected chi connectivity index (χ0v) is 13.0. The minimum Gasteiger partial charge on any atom is -0.338 e. The SMILES string of the molecule is CC(N)C1CCCCN1C(=O)CCc1ccsc1.Cl. The second-order valence-corrected chi connectivity index (χ2v) is 5.92. The lowest BCUT2D eigenvalue weighted by Gasteiger charge is -2.38. The van der Waals surface area contributed by atoms with E-state index in [1.165, 1.54) is 12.0 Å². The van der Waals surface area contributed by atoms with Crippen LogP contribution in [0, 0.1) is 0 Å². The number of hydrogen-bond donors (Lipinski definition) is 1. The predicted octanol–water partition coefficient (Wildman–Crippen LogP) is 2.83. The molecule has 2 N–H and O–H groups in total. The Morgan fingerprint density at radius 1 is 1.58 bits per heavy atom. The van der Waals surface area contributed by atoms with Crippen molar-refractivity contribution in [1.29, 1.82) is 0 Å². The lowest BCUT2D eigenvalue weighted by molar-refractivity contribution is -0.135. The van der Waals surface area contributed by atoms with Crippen LogP contribution in [0.3, 0.4) is 0 Å². The zero-order valence-electron chi connectivity index (χ0n) is 11.4. The molecule has 2 atom stereocenters. The van der Waals surface area contributed by atoms with Gasteiger partial charge >= 0.3 is 0 Å². The maximum Gasteiger partial charge on any atom is 0.223 e. The summed E-state index contributed by atoms with van der Waals surface area (Å²) < 4.78 is 0. The summed E-state index contributed by atoms with van der Waals surface area (Å²) in [6.07, 6.45) is 4.83. The highest BCUT2D eigenvalue weighted by atomic mass is 35.5. The van der Waals surface area contributed by atoms with Crippen LogP contribution >= 0.6 is 23.7 Å². The van der Waals surface area contributed by atoms with Crippen molar-refractivity contribution in [2.75, 3.05) is 6.54 Å². The molecule has 1 aliphatic heterocycles. The van der Waals surface area contributed by atoms with E-state index >= 15 is 0 Å². The normalized spacial score (nSPS) is 20.7.